The van der Waals surface area contributed by atoms with Gasteiger partial charge in [0.25, 0.3) is 21.6 Å². The Labute approximate surface area is 202 Å². The summed E-state index contributed by atoms with van der Waals surface area (Å²) in [6, 6.07) is 15.8. The number of benzene rings is 3. The highest BCUT2D eigenvalue weighted by atomic mass is 32.2. The molecule has 10 nitrogen and oxygen atoms in total. The SMILES string of the molecule is CCc1cccc(C)c1NC(=O)COC(=O)c1ccccc1NS(=O)(=O)c1cccc([N+](=O)[O-])c1. The zero-order valence-corrected chi connectivity index (χ0v) is 19.8. The number of carbonyl (C=O) groups excluding carboxylic acids is 2. The number of nitro benzene ring substituents is 1. The summed E-state index contributed by atoms with van der Waals surface area (Å²) >= 11 is 0. The zero-order chi connectivity index (χ0) is 25.6. The van der Waals surface area contributed by atoms with Crippen LogP contribution in [0, 0.1) is 17.0 Å². The third-order valence-electron chi connectivity index (χ3n) is 5.07. The predicted molar refractivity (Wildman–Crippen MR) is 130 cm³/mol. The molecule has 2 N–H and O–H groups in total. The number of carbonyl (C=O) groups is 2. The molecule has 0 aliphatic rings. The van der Waals surface area contributed by atoms with Crippen LogP contribution >= 0.6 is 0 Å². The zero-order valence-electron chi connectivity index (χ0n) is 19.0. The third-order valence-corrected chi connectivity index (χ3v) is 6.43. The summed E-state index contributed by atoms with van der Waals surface area (Å²) < 4.78 is 32.9. The number of aryl methyl sites for hydroxylation is 2. The Morgan fingerprint density at radius 3 is 2.46 bits per heavy atom. The minimum atomic E-state index is -4.25. The molecule has 35 heavy (non-hydrogen) atoms. The van der Waals surface area contributed by atoms with E-state index in [4.69, 9.17) is 4.74 Å². The Hall–Kier alpha value is -4.25. The van der Waals surface area contributed by atoms with Gasteiger partial charge in [-0.2, -0.15) is 0 Å². The lowest BCUT2D eigenvalue weighted by Crippen LogP contribution is -2.23. The monoisotopic (exact) mass is 497 g/mol. The van der Waals surface area contributed by atoms with Gasteiger partial charge in [-0.05, 0) is 42.7 Å². The van der Waals surface area contributed by atoms with Crippen LogP contribution in [0.3, 0.4) is 0 Å². The first-order valence-corrected chi connectivity index (χ1v) is 12.0. The van der Waals surface area contributed by atoms with E-state index in [0.29, 0.717) is 12.1 Å². The van der Waals surface area contributed by atoms with Crippen molar-refractivity contribution in [3.05, 3.63) is 93.5 Å². The summed E-state index contributed by atoms with van der Waals surface area (Å²) in [6.45, 7) is 3.23. The quantitative estimate of drug-likeness (QED) is 0.258. The summed E-state index contributed by atoms with van der Waals surface area (Å²) in [5.74, 6) is -1.46. The number of non-ortho nitro benzene ring substituents is 1. The van der Waals surface area contributed by atoms with Crippen molar-refractivity contribution in [1.82, 2.24) is 0 Å². The molecule has 182 valence electrons. The smallest absolute Gasteiger partial charge is 0.340 e. The molecule has 3 aromatic rings. The van der Waals surface area contributed by atoms with E-state index in [1.165, 1.54) is 36.4 Å². The molecule has 3 rings (SSSR count). The number of nitrogens with one attached hydrogen (secondary N) is 2. The molecule has 0 bridgehead atoms. The van der Waals surface area contributed by atoms with Crippen molar-refractivity contribution in [3.63, 3.8) is 0 Å². The minimum absolute atomic E-state index is 0.100. The van der Waals surface area contributed by atoms with Gasteiger partial charge in [0.2, 0.25) is 0 Å². The molecule has 1 amide bonds. The van der Waals surface area contributed by atoms with Gasteiger partial charge in [0.15, 0.2) is 6.61 Å². The first-order valence-electron chi connectivity index (χ1n) is 10.5. The summed E-state index contributed by atoms with van der Waals surface area (Å²) in [5.41, 5.74) is 1.83. The number of esters is 1. The van der Waals surface area contributed by atoms with Gasteiger partial charge in [0.05, 0.1) is 21.1 Å². The second-order valence-electron chi connectivity index (χ2n) is 7.49. The Bertz CT molecular complexity index is 1390. The topological polar surface area (TPSA) is 145 Å². The number of ether oxygens (including phenoxy) is 1. The molecule has 0 saturated carbocycles. The van der Waals surface area contributed by atoms with Gasteiger partial charge in [-0.15, -0.1) is 0 Å². The number of hydrogen-bond acceptors (Lipinski definition) is 7. The van der Waals surface area contributed by atoms with E-state index in [2.05, 4.69) is 10.0 Å². The van der Waals surface area contributed by atoms with Gasteiger partial charge >= 0.3 is 5.97 Å². The number of para-hydroxylation sites is 2. The van der Waals surface area contributed by atoms with Crippen LogP contribution in [-0.2, 0) is 26.0 Å². The second-order valence-corrected chi connectivity index (χ2v) is 9.17. The van der Waals surface area contributed by atoms with E-state index in [9.17, 15) is 28.1 Å². The molecule has 0 aliphatic carbocycles. The molecule has 0 heterocycles. The Morgan fingerprint density at radius 2 is 1.74 bits per heavy atom. The lowest BCUT2D eigenvalue weighted by Gasteiger charge is -2.14. The van der Waals surface area contributed by atoms with Crippen molar-refractivity contribution in [2.75, 3.05) is 16.6 Å². The van der Waals surface area contributed by atoms with E-state index in [0.717, 1.165) is 23.3 Å². The van der Waals surface area contributed by atoms with E-state index in [1.54, 1.807) is 0 Å². The van der Waals surface area contributed by atoms with Gasteiger partial charge in [-0.25, -0.2) is 13.2 Å². The van der Waals surface area contributed by atoms with Crippen LogP contribution in [0.15, 0.2) is 71.6 Å². The fourth-order valence-corrected chi connectivity index (χ4v) is 4.42. The number of rotatable bonds is 9. The highest BCUT2D eigenvalue weighted by Gasteiger charge is 2.22. The number of nitrogens with zero attached hydrogens (tertiary/aromatic N) is 1. The number of nitro groups is 1. The summed E-state index contributed by atoms with van der Waals surface area (Å²) in [5, 5.41) is 13.7. The molecule has 0 aliphatic heterocycles. The molecule has 0 atom stereocenters. The summed E-state index contributed by atoms with van der Waals surface area (Å²) in [4.78, 5) is 35.0. The molecule has 0 aromatic heterocycles. The number of hydrogen-bond donors (Lipinski definition) is 2. The van der Waals surface area contributed by atoms with Crippen molar-refractivity contribution < 1.29 is 27.7 Å². The van der Waals surface area contributed by atoms with E-state index >= 15 is 0 Å². The number of anilines is 2. The van der Waals surface area contributed by atoms with E-state index < -0.39 is 39.1 Å². The first-order chi connectivity index (χ1) is 16.6. The molecule has 0 unspecified atom stereocenters. The molecule has 0 saturated heterocycles. The Balaban J connectivity index is 1.73. The maximum atomic E-state index is 12.8. The lowest BCUT2D eigenvalue weighted by molar-refractivity contribution is -0.385. The fourth-order valence-electron chi connectivity index (χ4n) is 3.30. The molecule has 0 spiro atoms. The van der Waals surface area contributed by atoms with E-state index in [1.807, 2.05) is 32.0 Å². The maximum Gasteiger partial charge on any atom is 0.340 e. The fraction of sp³-hybridized carbons (Fsp3) is 0.167. The predicted octanol–water partition coefficient (Wildman–Crippen LogP) is 4.06. The maximum absolute atomic E-state index is 12.8. The normalized spacial score (nSPS) is 10.9. The second kappa shape index (κ2) is 10.8. The van der Waals surface area contributed by atoms with Crippen LogP contribution < -0.4 is 10.0 Å². The van der Waals surface area contributed by atoms with Gasteiger partial charge in [-0.3, -0.25) is 19.6 Å². The minimum Gasteiger partial charge on any atom is -0.452 e. The molecule has 0 radical (unpaired) electrons. The molecule has 11 heteroatoms. The van der Waals surface area contributed by atoms with Gasteiger partial charge < -0.3 is 10.1 Å². The molecule has 0 fully saturated rings. The Morgan fingerprint density at radius 1 is 1.03 bits per heavy atom. The van der Waals surface area contributed by atoms with Crippen molar-refractivity contribution in [1.29, 1.82) is 0 Å². The average Bonchev–Trinajstić information content (AvgIpc) is 2.84. The standard InChI is InChI=1S/C24H23N3O7S/c1-3-17-9-6-8-16(2)23(17)25-22(28)15-34-24(29)20-12-4-5-13-21(20)26-35(32,33)19-11-7-10-18(14-19)27(30)31/h4-14,26H,3,15H2,1-2H3,(H,25,28). The summed E-state index contributed by atoms with van der Waals surface area (Å²) in [7, 11) is -4.25. The van der Waals surface area contributed by atoms with Crippen LogP contribution in [0.5, 0.6) is 0 Å². The average molecular weight is 498 g/mol. The highest BCUT2D eigenvalue weighted by Crippen LogP contribution is 2.24. The molecule has 3 aromatic carbocycles. The van der Waals surface area contributed by atoms with Crippen LogP contribution in [0.25, 0.3) is 0 Å². The van der Waals surface area contributed by atoms with Crippen molar-refractivity contribution in [2.24, 2.45) is 0 Å². The third kappa shape index (κ3) is 6.21. The van der Waals surface area contributed by atoms with Gasteiger partial charge in [0.1, 0.15) is 0 Å². The summed E-state index contributed by atoms with van der Waals surface area (Å²) in [6.07, 6.45) is 0.704. The van der Waals surface area contributed by atoms with E-state index in [-0.39, 0.29) is 16.1 Å². The highest BCUT2D eigenvalue weighted by molar-refractivity contribution is 7.92. The first kappa shape index (κ1) is 25.4. The largest absolute Gasteiger partial charge is 0.452 e. The van der Waals surface area contributed by atoms with Gasteiger partial charge in [0, 0.05) is 17.8 Å². The van der Waals surface area contributed by atoms with Crippen molar-refractivity contribution in [2.45, 2.75) is 25.2 Å². The van der Waals surface area contributed by atoms with Gasteiger partial charge in [-0.1, -0.05) is 43.3 Å². The van der Waals surface area contributed by atoms with Crippen molar-refractivity contribution >= 4 is 39.0 Å². The molecular weight excluding hydrogens is 474 g/mol. The molecular formula is C24H23N3O7S. The van der Waals surface area contributed by atoms with Crippen LogP contribution in [0.4, 0.5) is 17.1 Å². The lowest BCUT2D eigenvalue weighted by atomic mass is 10.1. The number of amides is 1. The Kier molecular flexibility index (Phi) is 7.82. The number of sulfonamides is 1. The van der Waals surface area contributed by atoms with Crippen LogP contribution in [0.1, 0.15) is 28.4 Å². The van der Waals surface area contributed by atoms with Crippen LogP contribution in [-0.4, -0.2) is 31.8 Å². The van der Waals surface area contributed by atoms with Crippen molar-refractivity contribution in [3.8, 4) is 0 Å². The van der Waals surface area contributed by atoms with Crippen LogP contribution in [0.2, 0.25) is 0 Å².